The summed E-state index contributed by atoms with van der Waals surface area (Å²) in [7, 11) is 0. The van der Waals surface area contributed by atoms with Crippen LogP contribution in [0.25, 0.3) is 0 Å². The number of halogens is 1. The van der Waals surface area contributed by atoms with Gasteiger partial charge in [-0.3, -0.25) is 4.79 Å². The second kappa shape index (κ2) is 4.32. The molecule has 1 aromatic heterocycles. The van der Waals surface area contributed by atoms with E-state index < -0.39 is 5.91 Å². The van der Waals surface area contributed by atoms with E-state index in [4.69, 9.17) is 0 Å². The molecular formula is C11H10FN3O2. The molecule has 88 valence electrons. The van der Waals surface area contributed by atoms with Crippen molar-refractivity contribution in [2.45, 2.75) is 13.8 Å². The van der Waals surface area contributed by atoms with Crippen LogP contribution in [0.4, 0.5) is 10.1 Å². The molecule has 0 radical (unpaired) electrons. The third-order valence-corrected chi connectivity index (χ3v) is 2.15. The number of nitrogens with zero attached hydrogens (tertiary/aromatic N) is 2. The Morgan fingerprint density at radius 1 is 1.41 bits per heavy atom. The standard InChI is InChI=1S/C11H10FN3O2/c1-6-5-8(3-4-9(6)12)14-11(16)10-13-7(2)17-15-10/h3-5H,1-2H3,(H,14,16). The predicted molar refractivity (Wildman–Crippen MR) is 58.1 cm³/mol. The number of carbonyl (C=O) groups excluding carboxylic acids is 1. The number of anilines is 1. The SMILES string of the molecule is Cc1nc(C(=O)Nc2ccc(F)c(C)c2)no1. The van der Waals surface area contributed by atoms with Gasteiger partial charge in [-0.1, -0.05) is 5.16 Å². The van der Waals surface area contributed by atoms with E-state index in [-0.39, 0.29) is 11.6 Å². The van der Waals surface area contributed by atoms with Gasteiger partial charge in [0.15, 0.2) is 0 Å². The Hall–Kier alpha value is -2.24. The molecule has 0 unspecified atom stereocenters. The van der Waals surface area contributed by atoms with E-state index in [0.29, 0.717) is 17.1 Å². The summed E-state index contributed by atoms with van der Waals surface area (Å²) in [5.41, 5.74) is 0.934. The van der Waals surface area contributed by atoms with Gasteiger partial charge in [-0.25, -0.2) is 4.39 Å². The average Bonchev–Trinajstić information content (AvgIpc) is 2.70. The topological polar surface area (TPSA) is 68.0 Å². The van der Waals surface area contributed by atoms with Crippen LogP contribution >= 0.6 is 0 Å². The van der Waals surface area contributed by atoms with Gasteiger partial charge in [0, 0.05) is 12.6 Å². The van der Waals surface area contributed by atoms with Gasteiger partial charge in [0.25, 0.3) is 11.7 Å². The molecule has 6 heteroatoms. The Morgan fingerprint density at radius 2 is 2.18 bits per heavy atom. The molecule has 0 saturated heterocycles. The van der Waals surface area contributed by atoms with Crippen molar-refractivity contribution in [1.82, 2.24) is 10.1 Å². The van der Waals surface area contributed by atoms with Gasteiger partial charge in [0.05, 0.1) is 0 Å². The van der Waals surface area contributed by atoms with Crippen molar-refractivity contribution >= 4 is 11.6 Å². The van der Waals surface area contributed by atoms with Gasteiger partial charge in [0.2, 0.25) is 5.89 Å². The van der Waals surface area contributed by atoms with Gasteiger partial charge in [-0.15, -0.1) is 0 Å². The molecule has 0 aliphatic heterocycles. The number of amides is 1. The highest BCUT2D eigenvalue weighted by Gasteiger charge is 2.13. The van der Waals surface area contributed by atoms with E-state index >= 15 is 0 Å². The van der Waals surface area contributed by atoms with Crippen LogP contribution in [0.15, 0.2) is 22.7 Å². The number of rotatable bonds is 2. The van der Waals surface area contributed by atoms with E-state index in [1.807, 2.05) is 0 Å². The lowest BCUT2D eigenvalue weighted by Crippen LogP contribution is -2.13. The Kier molecular flexibility index (Phi) is 2.86. The fourth-order valence-electron chi connectivity index (χ4n) is 1.30. The van der Waals surface area contributed by atoms with Gasteiger partial charge in [-0.2, -0.15) is 4.98 Å². The van der Waals surface area contributed by atoms with Crippen LogP contribution in [-0.2, 0) is 0 Å². The van der Waals surface area contributed by atoms with E-state index in [9.17, 15) is 9.18 Å². The summed E-state index contributed by atoms with van der Waals surface area (Å²) in [6.45, 7) is 3.20. The van der Waals surface area contributed by atoms with Gasteiger partial charge >= 0.3 is 0 Å². The first-order valence-electron chi connectivity index (χ1n) is 4.94. The average molecular weight is 235 g/mol. The minimum Gasteiger partial charge on any atom is -0.339 e. The lowest BCUT2D eigenvalue weighted by atomic mass is 10.2. The van der Waals surface area contributed by atoms with Gasteiger partial charge in [-0.05, 0) is 30.7 Å². The van der Waals surface area contributed by atoms with Crippen molar-refractivity contribution < 1.29 is 13.7 Å². The van der Waals surface area contributed by atoms with Crippen molar-refractivity contribution in [2.24, 2.45) is 0 Å². The fraction of sp³-hybridized carbons (Fsp3) is 0.182. The maximum atomic E-state index is 13.0. The van der Waals surface area contributed by atoms with Crippen LogP contribution in [-0.4, -0.2) is 16.0 Å². The molecule has 1 amide bonds. The van der Waals surface area contributed by atoms with E-state index in [2.05, 4.69) is 20.0 Å². The van der Waals surface area contributed by atoms with Crippen LogP contribution in [0.5, 0.6) is 0 Å². The van der Waals surface area contributed by atoms with E-state index in [1.165, 1.54) is 18.2 Å². The summed E-state index contributed by atoms with van der Waals surface area (Å²) < 4.78 is 17.7. The van der Waals surface area contributed by atoms with Crippen LogP contribution in [0, 0.1) is 19.7 Å². The van der Waals surface area contributed by atoms with Crippen molar-refractivity contribution in [3.63, 3.8) is 0 Å². The van der Waals surface area contributed by atoms with Crippen molar-refractivity contribution in [1.29, 1.82) is 0 Å². The molecule has 0 bridgehead atoms. The molecule has 0 aliphatic carbocycles. The smallest absolute Gasteiger partial charge is 0.297 e. The first-order chi connectivity index (χ1) is 8.06. The summed E-state index contributed by atoms with van der Waals surface area (Å²) >= 11 is 0. The Bertz CT molecular complexity index is 566. The number of hydrogen-bond acceptors (Lipinski definition) is 4. The maximum absolute atomic E-state index is 13.0. The normalized spacial score (nSPS) is 10.3. The van der Waals surface area contributed by atoms with Crippen molar-refractivity contribution in [3.8, 4) is 0 Å². The minimum atomic E-state index is -0.493. The Labute approximate surface area is 96.6 Å². The third-order valence-electron chi connectivity index (χ3n) is 2.15. The summed E-state index contributed by atoms with van der Waals surface area (Å²) in [5, 5.41) is 6.03. The highest BCUT2D eigenvalue weighted by molar-refractivity contribution is 6.01. The number of nitrogens with one attached hydrogen (secondary N) is 1. The molecule has 2 rings (SSSR count). The molecule has 1 N–H and O–H groups in total. The summed E-state index contributed by atoms with van der Waals surface area (Å²) in [6, 6.07) is 4.28. The highest BCUT2D eigenvalue weighted by Crippen LogP contribution is 2.14. The van der Waals surface area contributed by atoms with Crippen LogP contribution < -0.4 is 5.32 Å². The second-order valence-corrected chi connectivity index (χ2v) is 3.56. The number of aryl methyl sites for hydroxylation is 2. The number of hydrogen-bond donors (Lipinski definition) is 1. The number of aromatic nitrogens is 2. The quantitative estimate of drug-likeness (QED) is 0.865. The summed E-state index contributed by atoms with van der Waals surface area (Å²) in [4.78, 5) is 15.4. The molecular weight excluding hydrogens is 225 g/mol. The van der Waals surface area contributed by atoms with Crippen molar-refractivity contribution in [2.75, 3.05) is 5.32 Å². The zero-order chi connectivity index (χ0) is 12.4. The number of benzene rings is 1. The molecule has 0 saturated carbocycles. The molecule has 17 heavy (non-hydrogen) atoms. The lowest BCUT2D eigenvalue weighted by molar-refractivity contribution is 0.101. The summed E-state index contributed by atoms with van der Waals surface area (Å²) in [5.74, 6) is -0.554. The van der Waals surface area contributed by atoms with E-state index in [1.54, 1.807) is 13.8 Å². The highest BCUT2D eigenvalue weighted by atomic mass is 19.1. The molecule has 0 fully saturated rings. The van der Waals surface area contributed by atoms with Crippen LogP contribution in [0.3, 0.4) is 0 Å². The molecule has 0 atom stereocenters. The largest absolute Gasteiger partial charge is 0.339 e. The van der Waals surface area contributed by atoms with Crippen LogP contribution in [0.1, 0.15) is 22.1 Å². The molecule has 5 nitrogen and oxygen atoms in total. The zero-order valence-corrected chi connectivity index (χ0v) is 9.32. The van der Waals surface area contributed by atoms with Crippen LogP contribution in [0.2, 0.25) is 0 Å². The monoisotopic (exact) mass is 235 g/mol. The summed E-state index contributed by atoms with van der Waals surface area (Å²) in [6.07, 6.45) is 0. The Balaban J connectivity index is 2.15. The maximum Gasteiger partial charge on any atom is 0.297 e. The first kappa shape index (κ1) is 11.3. The number of carbonyl (C=O) groups is 1. The Morgan fingerprint density at radius 3 is 2.76 bits per heavy atom. The molecule has 1 aromatic carbocycles. The predicted octanol–water partition coefficient (Wildman–Crippen LogP) is 2.08. The van der Waals surface area contributed by atoms with E-state index in [0.717, 1.165) is 0 Å². The molecule has 0 spiro atoms. The first-order valence-corrected chi connectivity index (χ1v) is 4.94. The molecule has 2 aromatic rings. The second-order valence-electron chi connectivity index (χ2n) is 3.56. The van der Waals surface area contributed by atoms with Gasteiger partial charge < -0.3 is 9.84 Å². The lowest BCUT2D eigenvalue weighted by Gasteiger charge is -2.03. The van der Waals surface area contributed by atoms with Crippen molar-refractivity contribution in [3.05, 3.63) is 41.3 Å². The van der Waals surface area contributed by atoms with Gasteiger partial charge in [0.1, 0.15) is 5.82 Å². The molecule has 1 heterocycles. The molecule has 0 aliphatic rings. The third kappa shape index (κ3) is 2.47. The minimum absolute atomic E-state index is 0.0514. The fourth-order valence-corrected chi connectivity index (χ4v) is 1.30. The zero-order valence-electron chi connectivity index (χ0n) is 9.32.